The molecule has 1 aliphatic rings. The van der Waals surface area contributed by atoms with Crippen molar-refractivity contribution in [2.45, 2.75) is 47.1 Å². The van der Waals surface area contributed by atoms with Gasteiger partial charge < -0.3 is 10.6 Å². The molecule has 2 heteroatoms. The van der Waals surface area contributed by atoms with E-state index in [2.05, 4.69) is 56.9 Å². The Morgan fingerprint density at radius 1 is 1.05 bits per heavy atom. The first-order valence-electron chi connectivity index (χ1n) is 8.17. The van der Waals surface area contributed by atoms with Crippen molar-refractivity contribution in [1.29, 1.82) is 0 Å². The van der Waals surface area contributed by atoms with Crippen LogP contribution in [0.2, 0.25) is 0 Å². The second-order valence-electron chi connectivity index (χ2n) is 6.68. The minimum Gasteiger partial charge on any atom is -0.398 e. The number of aryl methyl sites for hydroxylation is 3. The number of anilines is 2. The molecule has 0 bridgehead atoms. The first-order chi connectivity index (χ1) is 10.5. The fraction of sp³-hybridized carbons (Fsp3) is 0.400. The Morgan fingerprint density at radius 3 is 2.55 bits per heavy atom. The molecule has 0 amide bonds. The molecule has 3 rings (SSSR count). The molecular formula is C20H26N2. The maximum absolute atomic E-state index is 6.23. The molecule has 0 spiro atoms. The smallest absolute Gasteiger partial charge is 0.0432 e. The second kappa shape index (κ2) is 5.68. The molecular weight excluding hydrogens is 268 g/mol. The molecule has 0 saturated heterocycles. The van der Waals surface area contributed by atoms with E-state index in [0.717, 1.165) is 25.2 Å². The van der Waals surface area contributed by atoms with Crippen LogP contribution in [0.4, 0.5) is 11.4 Å². The summed E-state index contributed by atoms with van der Waals surface area (Å²) in [6.45, 7) is 10.8. The van der Waals surface area contributed by atoms with E-state index >= 15 is 0 Å². The van der Waals surface area contributed by atoms with Crippen molar-refractivity contribution in [2.24, 2.45) is 0 Å². The number of hydrogen-bond acceptors (Lipinski definition) is 2. The molecule has 0 saturated carbocycles. The number of nitrogens with two attached hydrogens (primary N) is 1. The molecule has 0 unspecified atom stereocenters. The summed E-state index contributed by atoms with van der Waals surface area (Å²) >= 11 is 0. The van der Waals surface area contributed by atoms with Gasteiger partial charge in [-0.15, -0.1) is 0 Å². The number of fused-ring (bicyclic) bond motifs is 1. The number of nitrogens with zero attached hydrogens (tertiary/aromatic N) is 1. The minimum atomic E-state index is 0.965. The van der Waals surface area contributed by atoms with E-state index in [4.69, 9.17) is 5.73 Å². The van der Waals surface area contributed by atoms with E-state index in [-0.39, 0.29) is 0 Å². The van der Waals surface area contributed by atoms with Gasteiger partial charge in [-0.25, -0.2) is 0 Å². The highest BCUT2D eigenvalue weighted by Crippen LogP contribution is 2.35. The number of benzene rings is 2. The first-order valence-corrected chi connectivity index (χ1v) is 8.17. The van der Waals surface area contributed by atoms with Gasteiger partial charge in [0.25, 0.3) is 0 Å². The molecule has 1 aliphatic heterocycles. The fourth-order valence-electron chi connectivity index (χ4n) is 3.58. The number of rotatable bonds is 2. The van der Waals surface area contributed by atoms with Gasteiger partial charge in [0, 0.05) is 24.5 Å². The van der Waals surface area contributed by atoms with Gasteiger partial charge in [-0.1, -0.05) is 23.8 Å². The molecule has 2 aromatic rings. The summed E-state index contributed by atoms with van der Waals surface area (Å²) < 4.78 is 0. The van der Waals surface area contributed by atoms with E-state index in [1.807, 2.05) is 0 Å². The molecule has 0 fully saturated rings. The molecule has 0 radical (unpaired) electrons. The average Bonchev–Trinajstić information content (AvgIpc) is 2.48. The third-order valence-corrected chi connectivity index (χ3v) is 5.00. The molecule has 0 aliphatic carbocycles. The Balaban J connectivity index is 1.98. The normalized spacial score (nSPS) is 14.1. The van der Waals surface area contributed by atoms with Gasteiger partial charge in [0.05, 0.1) is 0 Å². The summed E-state index contributed by atoms with van der Waals surface area (Å²) in [6, 6.07) is 9.04. The lowest BCUT2D eigenvalue weighted by molar-refractivity contribution is 0.687. The Morgan fingerprint density at radius 2 is 1.82 bits per heavy atom. The van der Waals surface area contributed by atoms with Crippen molar-refractivity contribution in [3.05, 3.63) is 57.6 Å². The van der Waals surface area contributed by atoms with Crippen LogP contribution in [0.5, 0.6) is 0 Å². The van der Waals surface area contributed by atoms with Gasteiger partial charge in [-0.05, 0) is 74.4 Å². The van der Waals surface area contributed by atoms with Crippen molar-refractivity contribution in [3.63, 3.8) is 0 Å². The molecule has 0 aromatic heterocycles. The lowest BCUT2D eigenvalue weighted by Crippen LogP contribution is -2.30. The highest BCUT2D eigenvalue weighted by atomic mass is 15.1. The van der Waals surface area contributed by atoms with E-state index < -0.39 is 0 Å². The Kier molecular flexibility index (Phi) is 3.86. The van der Waals surface area contributed by atoms with E-state index in [1.54, 1.807) is 0 Å². The Bertz CT molecular complexity index is 716. The SMILES string of the molecule is Cc1ccc(CN2CCCc3c2cc(C)c(N)c3C)c(C)c1. The van der Waals surface area contributed by atoms with Crippen molar-refractivity contribution >= 4 is 11.4 Å². The van der Waals surface area contributed by atoms with Crippen LogP contribution in [0.1, 0.15) is 39.8 Å². The van der Waals surface area contributed by atoms with E-state index in [1.165, 1.54) is 45.5 Å². The van der Waals surface area contributed by atoms with Crippen LogP contribution in [0, 0.1) is 27.7 Å². The van der Waals surface area contributed by atoms with Gasteiger partial charge in [-0.3, -0.25) is 0 Å². The third-order valence-electron chi connectivity index (χ3n) is 5.00. The molecule has 2 aromatic carbocycles. The lowest BCUT2D eigenvalue weighted by atomic mass is 9.93. The molecule has 22 heavy (non-hydrogen) atoms. The maximum Gasteiger partial charge on any atom is 0.0432 e. The summed E-state index contributed by atoms with van der Waals surface area (Å²) in [4.78, 5) is 2.52. The first kappa shape index (κ1) is 15.0. The van der Waals surface area contributed by atoms with Crippen LogP contribution in [0.15, 0.2) is 24.3 Å². The highest BCUT2D eigenvalue weighted by Gasteiger charge is 2.21. The maximum atomic E-state index is 6.23. The predicted molar refractivity (Wildman–Crippen MR) is 95.6 cm³/mol. The van der Waals surface area contributed by atoms with Gasteiger partial charge >= 0.3 is 0 Å². The second-order valence-corrected chi connectivity index (χ2v) is 6.68. The van der Waals surface area contributed by atoms with Gasteiger partial charge in [0.2, 0.25) is 0 Å². The monoisotopic (exact) mass is 294 g/mol. The summed E-state index contributed by atoms with van der Waals surface area (Å²) in [5, 5.41) is 0. The largest absolute Gasteiger partial charge is 0.398 e. The summed E-state index contributed by atoms with van der Waals surface area (Å²) in [7, 11) is 0. The predicted octanol–water partition coefficient (Wildman–Crippen LogP) is 4.46. The van der Waals surface area contributed by atoms with Crippen LogP contribution in [0.25, 0.3) is 0 Å². The molecule has 0 atom stereocenters. The van der Waals surface area contributed by atoms with Gasteiger partial charge in [0.1, 0.15) is 0 Å². The van der Waals surface area contributed by atoms with E-state index in [0.29, 0.717) is 0 Å². The van der Waals surface area contributed by atoms with E-state index in [9.17, 15) is 0 Å². The van der Waals surface area contributed by atoms with Crippen LogP contribution in [-0.2, 0) is 13.0 Å². The topological polar surface area (TPSA) is 29.3 Å². The fourth-order valence-corrected chi connectivity index (χ4v) is 3.58. The Labute approximate surface area is 134 Å². The van der Waals surface area contributed by atoms with Crippen LogP contribution in [-0.4, -0.2) is 6.54 Å². The quantitative estimate of drug-likeness (QED) is 0.829. The lowest BCUT2D eigenvalue weighted by Gasteiger charge is -2.34. The van der Waals surface area contributed by atoms with Crippen molar-refractivity contribution in [2.75, 3.05) is 17.2 Å². The van der Waals surface area contributed by atoms with Gasteiger partial charge in [-0.2, -0.15) is 0 Å². The summed E-state index contributed by atoms with van der Waals surface area (Å²) in [5.74, 6) is 0. The highest BCUT2D eigenvalue weighted by molar-refractivity contribution is 5.69. The molecule has 1 heterocycles. The van der Waals surface area contributed by atoms with Crippen LogP contribution < -0.4 is 10.6 Å². The summed E-state index contributed by atoms with van der Waals surface area (Å²) in [6.07, 6.45) is 2.36. The van der Waals surface area contributed by atoms with Crippen LogP contribution in [0.3, 0.4) is 0 Å². The van der Waals surface area contributed by atoms with Gasteiger partial charge in [0.15, 0.2) is 0 Å². The molecule has 116 valence electrons. The zero-order valence-corrected chi connectivity index (χ0v) is 14.2. The van der Waals surface area contributed by atoms with Crippen molar-refractivity contribution in [3.8, 4) is 0 Å². The molecule has 2 nitrogen and oxygen atoms in total. The van der Waals surface area contributed by atoms with Crippen LogP contribution >= 0.6 is 0 Å². The Hall–Kier alpha value is -1.96. The molecule has 2 N–H and O–H groups in total. The summed E-state index contributed by atoms with van der Waals surface area (Å²) in [5.41, 5.74) is 16.6. The standard InChI is InChI=1S/C20H26N2/c1-13-7-8-17(14(2)10-13)12-22-9-5-6-18-16(4)20(21)15(3)11-19(18)22/h7-8,10-11H,5-6,9,12,21H2,1-4H3. The third kappa shape index (κ3) is 2.58. The zero-order valence-electron chi connectivity index (χ0n) is 14.2. The number of hydrogen-bond donors (Lipinski definition) is 1. The zero-order chi connectivity index (χ0) is 15.9. The van der Waals surface area contributed by atoms with Crippen molar-refractivity contribution in [1.82, 2.24) is 0 Å². The van der Waals surface area contributed by atoms with Crippen molar-refractivity contribution < 1.29 is 0 Å². The average molecular weight is 294 g/mol. The minimum absolute atomic E-state index is 0.965. The number of nitrogen functional groups attached to an aromatic ring is 1.